The summed E-state index contributed by atoms with van der Waals surface area (Å²) in [5.74, 6) is 0.193. The molecular formula is C19H23N3O. The van der Waals surface area contributed by atoms with E-state index >= 15 is 0 Å². The van der Waals surface area contributed by atoms with Crippen LogP contribution in [-0.4, -0.2) is 47.4 Å². The molecule has 4 nitrogen and oxygen atoms in total. The molecule has 1 aromatic heterocycles. The van der Waals surface area contributed by atoms with Crippen LogP contribution in [0.4, 0.5) is 0 Å². The highest BCUT2D eigenvalue weighted by atomic mass is 16.2. The number of hydrogen-bond acceptors (Lipinski definition) is 3. The molecule has 0 unspecified atom stereocenters. The monoisotopic (exact) mass is 309 g/mol. The van der Waals surface area contributed by atoms with Crippen LogP contribution in [0.15, 0.2) is 48.8 Å². The average Bonchev–Trinajstić information content (AvgIpc) is 2.60. The van der Waals surface area contributed by atoms with Crippen molar-refractivity contribution in [2.24, 2.45) is 0 Å². The van der Waals surface area contributed by atoms with Gasteiger partial charge in [0.05, 0.1) is 6.54 Å². The molecule has 0 radical (unpaired) electrons. The van der Waals surface area contributed by atoms with Crippen molar-refractivity contribution in [1.29, 1.82) is 0 Å². The number of pyridine rings is 1. The molecule has 0 N–H and O–H groups in total. The molecule has 4 heteroatoms. The van der Waals surface area contributed by atoms with Crippen molar-refractivity contribution in [2.75, 3.05) is 26.7 Å². The summed E-state index contributed by atoms with van der Waals surface area (Å²) >= 11 is 0. The van der Waals surface area contributed by atoms with Gasteiger partial charge in [-0.05, 0) is 41.7 Å². The number of likely N-dealkylation sites (N-methyl/N-ethyl adjacent to an activating group) is 1. The summed E-state index contributed by atoms with van der Waals surface area (Å²) in [4.78, 5) is 20.5. The molecular weight excluding hydrogens is 286 g/mol. The van der Waals surface area contributed by atoms with Crippen molar-refractivity contribution < 1.29 is 4.79 Å². The SMILES string of the molecule is CN(CCc1ccncc1)C(=O)CN1CCc2ccccc2C1. The number of rotatable bonds is 5. The fraction of sp³-hybridized carbons (Fsp3) is 0.368. The summed E-state index contributed by atoms with van der Waals surface area (Å²) < 4.78 is 0. The summed E-state index contributed by atoms with van der Waals surface area (Å²) in [6, 6.07) is 12.5. The largest absolute Gasteiger partial charge is 0.344 e. The van der Waals surface area contributed by atoms with Crippen LogP contribution in [0.1, 0.15) is 16.7 Å². The van der Waals surface area contributed by atoms with Crippen LogP contribution in [0.5, 0.6) is 0 Å². The number of amides is 1. The van der Waals surface area contributed by atoms with Crippen LogP contribution < -0.4 is 0 Å². The summed E-state index contributed by atoms with van der Waals surface area (Å²) in [6.07, 6.45) is 5.49. The Bertz CT molecular complexity index is 657. The lowest BCUT2D eigenvalue weighted by Crippen LogP contribution is -2.41. The molecule has 0 aliphatic carbocycles. The minimum absolute atomic E-state index is 0.193. The zero-order valence-electron chi connectivity index (χ0n) is 13.6. The molecule has 1 aliphatic heterocycles. The molecule has 23 heavy (non-hydrogen) atoms. The van der Waals surface area contributed by atoms with E-state index in [1.54, 1.807) is 12.4 Å². The van der Waals surface area contributed by atoms with E-state index in [1.165, 1.54) is 16.7 Å². The van der Waals surface area contributed by atoms with Crippen LogP contribution in [0.25, 0.3) is 0 Å². The number of benzene rings is 1. The Balaban J connectivity index is 1.49. The Morgan fingerprint density at radius 3 is 2.70 bits per heavy atom. The van der Waals surface area contributed by atoms with Gasteiger partial charge in [0.2, 0.25) is 5.91 Å². The minimum atomic E-state index is 0.193. The number of hydrogen-bond donors (Lipinski definition) is 0. The van der Waals surface area contributed by atoms with Crippen molar-refractivity contribution in [3.63, 3.8) is 0 Å². The summed E-state index contributed by atoms with van der Waals surface area (Å²) in [5.41, 5.74) is 3.99. The molecule has 1 aromatic carbocycles. The summed E-state index contributed by atoms with van der Waals surface area (Å²) in [6.45, 7) is 3.08. The Morgan fingerprint density at radius 1 is 1.17 bits per heavy atom. The lowest BCUT2D eigenvalue weighted by Gasteiger charge is -2.29. The lowest BCUT2D eigenvalue weighted by molar-refractivity contribution is -0.131. The third-order valence-corrected chi connectivity index (χ3v) is 4.48. The number of aromatic nitrogens is 1. The highest BCUT2D eigenvalue weighted by Crippen LogP contribution is 2.18. The van der Waals surface area contributed by atoms with E-state index in [1.807, 2.05) is 24.1 Å². The standard InChI is InChI=1S/C19H23N3O/c1-21(12-8-16-6-10-20-11-7-16)19(23)15-22-13-9-17-4-2-3-5-18(17)14-22/h2-7,10-11H,8-9,12-15H2,1H3. The zero-order chi connectivity index (χ0) is 16.1. The fourth-order valence-corrected chi connectivity index (χ4v) is 2.97. The maximum Gasteiger partial charge on any atom is 0.236 e. The molecule has 2 aromatic rings. The predicted octanol–water partition coefficient (Wildman–Crippen LogP) is 2.14. The molecule has 0 saturated heterocycles. The molecule has 2 heterocycles. The van der Waals surface area contributed by atoms with Gasteiger partial charge >= 0.3 is 0 Å². The Kier molecular flexibility index (Phi) is 5.03. The van der Waals surface area contributed by atoms with Crippen LogP contribution in [0, 0.1) is 0 Å². The van der Waals surface area contributed by atoms with Gasteiger partial charge in [0.1, 0.15) is 0 Å². The first kappa shape index (κ1) is 15.7. The van der Waals surface area contributed by atoms with Crippen molar-refractivity contribution in [2.45, 2.75) is 19.4 Å². The first-order valence-corrected chi connectivity index (χ1v) is 8.14. The van der Waals surface area contributed by atoms with Crippen LogP contribution in [0.2, 0.25) is 0 Å². The maximum absolute atomic E-state index is 12.4. The molecule has 0 bridgehead atoms. The molecule has 0 atom stereocenters. The average molecular weight is 309 g/mol. The molecule has 0 fully saturated rings. The van der Waals surface area contributed by atoms with Crippen molar-refractivity contribution in [3.05, 3.63) is 65.5 Å². The molecule has 120 valence electrons. The van der Waals surface area contributed by atoms with Gasteiger partial charge in [-0.1, -0.05) is 24.3 Å². The van der Waals surface area contributed by atoms with Gasteiger partial charge in [-0.3, -0.25) is 14.7 Å². The number of nitrogens with zero attached hydrogens (tertiary/aromatic N) is 3. The third-order valence-electron chi connectivity index (χ3n) is 4.48. The number of carbonyl (C=O) groups excluding carboxylic acids is 1. The van der Waals surface area contributed by atoms with E-state index in [9.17, 15) is 4.79 Å². The Morgan fingerprint density at radius 2 is 1.91 bits per heavy atom. The van der Waals surface area contributed by atoms with E-state index in [4.69, 9.17) is 0 Å². The zero-order valence-corrected chi connectivity index (χ0v) is 13.6. The molecule has 1 amide bonds. The summed E-state index contributed by atoms with van der Waals surface area (Å²) in [5, 5.41) is 0. The Labute approximate surface area is 137 Å². The van der Waals surface area contributed by atoms with Crippen LogP contribution >= 0.6 is 0 Å². The third kappa shape index (κ3) is 4.17. The lowest BCUT2D eigenvalue weighted by atomic mass is 10.00. The second-order valence-corrected chi connectivity index (χ2v) is 6.15. The predicted molar refractivity (Wildman–Crippen MR) is 91.0 cm³/mol. The topological polar surface area (TPSA) is 36.4 Å². The van der Waals surface area contributed by atoms with Gasteiger partial charge in [-0.2, -0.15) is 0 Å². The second-order valence-electron chi connectivity index (χ2n) is 6.15. The van der Waals surface area contributed by atoms with Crippen molar-refractivity contribution in [3.8, 4) is 0 Å². The number of carbonyl (C=O) groups is 1. The van der Waals surface area contributed by atoms with Crippen LogP contribution in [-0.2, 0) is 24.2 Å². The number of fused-ring (bicyclic) bond motifs is 1. The Hall–Kier alpha value is -2.20. The van der Waals surface area contributed by atoms with Gasteiger partial charge < -0.3 is 4.90 Å². The van der Waals surface area contributed by atoms with Crippen molar-refractivity contribution in [1.82, 2.24) is 14.8 Å². The van der Waals surface area contributed by atoms with Gasteiger partial charge in [0.25, 0.3) is 0 Å². The van der Waals surface area contributed by atoms with E-state index in [0.29, 0.717) is 6.54 Å². The van der Waals surface area contributed by atoms with Crippen molar-refractivity contribution >= 4 is 5.91 Å². The van der Waals surface area contributed by atoms with Crippen LogP contribution in [0.3, 0.4) is 0 Å². The van der Waals surface area contributed by atoms with Gasteiger partial charge in [0.15, 0.2) is 0 Å². The molecule has 3 rings (SSSR count). The first-order chi connectivity index (χ1) is 11.2. The molecule has 1 aliphatic rings. The maximum atomic E-state index is 12.4. The normalized spacial score (nSPS) is 14.3. The van der Waals surface area contributed by atoms with E-state index < -0.39 is 0 Å². The van der Waals surface area contributed by atoms with E-state index in [-0.39, 0.29) is 5.91 Å². The highest BCUT2D eigenvalue weighted by Gasteiger charge is 2.19. The van der Waals surface area contributed by atoms with Gasteiger partial charge in [-0.15, -0.1) is 0 Å². The minimum Gasteiger partial charge on any atom is -0.344 e. The van der Waals surface area contributed by atoms with E-state index in [2.05, 4.69) is 34.1 Å². The van der Waals surface area contributed by atoms with E-state index in [0.717, 1.165) is 32.5 Å². The highest BCUT2D eigenvalue weighted by molar-refractivity contribution is 5.78. The smallest absolute Gasteiger partial charge is 0.236 e. The van der Waals surface area contributed by atoms with Gasteiger partial charge in [0, 0.05) is 39.1 Å². The molecule has 0 spiro atoms. The van der Waals surface area contributed by atoms with Gasteiger partial charge in [-0.25, -0.2) is 0 Å². The first-order valence-electron chi connectivity index (χ1n) is 8.14. The quantitative estimate of drug-likeness (QED) is 0.849. The molecule has 0 saturated carbocycles. The summed E-state index contributed by atoms with van der Waals surface area (Å²) in [7, 11) is 1.89. The fourth-order valence-electron chi connectivity index (χ4n) is 2.97. The second kappa shape index (κ2) is 7.38.